The molecular weight excluding hydrogens is 264 g/mol. The molecule has 1 aromatic rings. The molecule has 4 nitrogen and oxygen atoms in total. The molecule has 1 aromatic carbocycles. The van der Waals surface area contributed by atoms with Gasteiger partial charge in [0, 0.05) is 19.1 Å². The Labute approximate surface area is 127 Å². The molecule has 116 valence electrons. The lowest BCUT2D eigenvalue weighted by molar-refractivity contribution is 0.0642. The molecule has 0 radical (unpaired) electrons. The van der Waals surface area contributed by atoms with E-state index in [1.165, 1.54) is 0 Å². The van der Waals surface area contributed by atoms with Crippen LogP contribution in [0.15, 0.2) is 24.3 Å². The van der Waals surface area contributed by atoms with Crippen LogP contribution in [-0.2, 0) is 0 Å². The number of para-hydroxylation sites is 1. The molecule has 2 atom stereocenters. The quantitative estimate of drug-likeness (QED) is 0.906. The van der Waals surface area contributed by atoms with E-state index in [1.54, 1.807) is 0 Å². The molecule has 1 aliphatic heterocycles. The number of ether oxygens (including phenoxy) is 1. The minimum atomic E-state index is 0.0841. The Kier molecular flexibility index (Phi) is 5.62. The summed E-state index contributed by atoms with van der Waals surface area (Å²) >= 11 is 0. The van der Waals surface area contributed by atoms with Gasteiger partial charge in [0.2, 0.25) is 0 Å². The predicted molar refractivity (Wildman–Crippen MR) is 84.8 cm³/mol. The van der Waals surface area contributed by atoms with Gasteiger partial charge in [-0.1, -0.05) is 26.0 Å². The normalized spacial score (nSPS) is 22.1. The molecule has 2 rings (SSSR count). The van der Waals surface area contributed by atoms with Crippen LogP contribution >= 0.6 is 0 Å². The van der Waals surface area contributed by atoms with E-state index >= 15 is 0 Å². The third-order valence-corrected chi connectivity index (χ3v) is 4.08. The van der Waals surface area contributed by atoms with Crippen LogP contribution in [0.3, 0.4) is 0 Å². The van der Waals surface area contributed by atoms with Crippen molar-refractivity contribution in [3.05, 3.63) is 29.8 Å². The first kappa shape index (κ1) is 15.8. The maximum atomic E-state index is 12.7. The number of carbonyl (C=O) groups is 1. The van der Waals surface area contributed by atoms with Gasteiger partial charge in [0.25, 0.3) is 5.91 Å². The number of hydrogen-bond donors (Lipinski definition) is 1. The largest absolute Gasteiger partial charge is 0.493 e. The first-order valence-corrected chi connectivity index (χ1v) is 7.91. The summed E-state index contributed by atoms with van der Waals surface area (Å²) in [7, 11) is 0. The van der Waals surface area contributed by atoms with Crippen molar-refractivity contribution in [3.8, 4) is 5.75 Å². The molecule has 1 fully saturated rings. The highest BCUT2D eigenvalue weighted by Gasteiger charge is 2.29. The second kappa shape index (κ2) is 7.46. The van der Waals surface area contributed by atoms with Crippen molar-refractivity contribution in [2.75, 3.05) is 26.2 Å². The molecular formula is C17H26N2O2. The van der Waals surface area contributed by atoms with Crippen LogP contribution in [0.2, 0.25) is 0 Å². The van der Waals surface area contributed by atoms with Gasteiger partial charge < -0.3 is 15.0 Å². The summed E-state index contributed by atoms with van der Waals surface area (Å²) < 4.78 is 5.58. The highest BCUT2D eigenvalue weighted by Crippen LogP contribution is 2.23. The van der Waals surface area contributed by atoms with Crippen molar-refractivity contribution in [1.29, 1.82) is 0 Å². The van der Waals surface area contributed by atoms with E-state index in [2.05, 4.69) is 19.2 Å². The Morgan fingerprint density at radius 1 is 1.38 bits per heavy atom. The van der Waals surface area contributed by atoms with Gasteiger partial charge in [-0.05, 0) is 37.9 Å². The minimum Gasteiger partial charge on any atom is -0.493 e. The van der Waals surface area contributed by atoms with E-state index in [0.29, 0.717) is 29.9 Å². The number of nitrogens with zero attached hydrogens (tertiary/aromatic N) is 1. The van der Waals surface area contributed by atoms with Gasteiger partial charge in [-0.2, -0.15) is 0 Å². The average Bonchev–Trinajstić information content (AvgIpc) is 2.50. The van der Waals surface area contributed by atoms with E-state index < -0.39 is 0 Å². The third-order valence-electron chi connectivity index (χ3n) is 4.08. The average molecular weight is 290 g/mol. The second-order valence-electron chi connectivity index (χ2n) is 5.61. The molecule has 0 aliphatic carbocycles. The van der Waals surface area contributed by atoms with Crippen LogP contribution in [0, 0.1) is 5.92 Å². The van der Waals surface area contributed by atoms with Gasteiger partial charge in [-0.3, -0.25) is 4.79 Å². The lowest BCUT2D eigenvalue weighted by Crippen LogP contribution is -2.50. The first-order chi connectivity index (χ1) is 10.2. The standard InChI is InChI=1S/C17H26N2O2/c1-4-18-15-10-11-19(12-13(15)3)17(20)14-8-6-7-9-16(14)21-5-2/h6-9,13,15,18H,4-5,10-12H2,1-3H3. The van der Waals surface area contributed by atoms with E-state index in [4.69, 9.17) is 4.74 Å². The number of carbonyl (C=O) groups excluding carboxylic acids is 1. The number of amides is 1. The van der Waals surface area contributed by atoms with Gasteiger partial charge in [0.1, 0.15) is 5.75 Å². The maximum absolute atomic E-state index is 12.7. The topological polar surface area (TPSA) is 41.6 Å². The fourth-order valence-electron chi connectivity index (χ4n) is 2.99. The Balaban J connectivity index is 2.08. The zero-order valence-electron chi connectivity index (χ0n) is 13.3. The van der Waals surface area contributed by atoms with E-state index in [0.717, 1.165) is 26.1 Å². The summed E-state index contributed by atoms with van der Waals surface area (Å²) in [6, 6.07) is 8.04. The summed E-state index contributed by atoms with van der Waals surface area (Å²) in [5.41, 5.74) is 0.674. The summed E-state index contributed by atoms with van der Waals surface area (Å²) in [5, 5.41) is 3.50. The van der Waals surface area contributed by atoms with Crippen LogP contribution in [0.4, 0.5) is 0 Å². The molecule has 0 aromatic heterocycles. The van der Waals surface area contributed by atoms with Crippen LogP contribution in [0.1, 0.15) is 37.6 Å². The minimum absolute atomic E-state index is 0.0841. The Morgan fingerprint density at radius 3 is 2.81 bits per heavy atom. The predicted octanol–water partition coefficient (Wildman–Crippen LogP) is 2.55. The molecule has 0 spiro atoms. The highest BCUT2D eigenvalue weighted by atomic mass is 16.5. The Morgan fingerprint density at radius 2 is 2.14 bits per heavy atom. The lowest BCUT2D eigenvalue weighted by atomic mass is 9.93. The van der Waals surface area contributed by atoms with Crippen LogP contribution in [0.25, 0.3) is 0 Å². The van der Waals surface area contributed by atoms with Gasteiger partial charge in [-0.15, -0.1) is 0 Å². The molecule has 1 aliphatic rings. The molecule has 2 unspecified atom stereocenters. The van der Waals surface area contributed by atoms with Crippen molar-refractivity contribution in [3.63, 3.8) is 0 Å². The highest BCUT2D eigenvalue weighted by molar-refractivity contribution is 5.97. The smallest absolute Gasteiger partial charge is 0.257 e. The van der Waals surface area contributed by atoms with Gasteiger partial charge in [0.05, 0.1) is 12.2 Å². The Bertz CT molecular complexity index is 476. The molecule has 0 bridgehead atoms. The van der Waals surface area contributed by atoms with Gasteiger partial charge in [0.15, 0.2) is 0 Å². The fourth-order valence-corrected chi connectivity index (χ4v) is 2.99. The summed E-state index contributed by atoms with van der Waals surface area (Å²) in [6.07, 6.45) is 1.01. The monoisotopic (exact) mass is 290 g/mol. The zero-order valence-corrected chi connectivity index (χ0v) is 13.3. The number of hydrogen-bond acceptors (Lipinski definition) is 3. The van der Waals surface area contributed by atoms with E-state index in [-0.39, 0.29) is 5.91 Å². The van der Waals surface area contributed by atoms with Crippen molar-refractivity contribution in [2.24, 2.45) is 5.92 Å². The van der Waals surface area contributed by atoms with E-state index in [9.17, 15) is 4.79 Å². The molecule has 21 heavy (non-hydrogen) atoms. The number of likely N-dealkylation sites (tertiary alicyclic amines) is 1. The molecule has 1 N–H and O–H groups in total. The van der Waals surface area contributed by atoms with Crippen molar-refractivity contribution in [2.45, 2.75) is 33.2 Å². The molecule has 0 saturated carbocycles. The fraction of sp³-hybridized carbons (Fsp3) is 0.588. The summed E-state index contributed by atoms with van der Waals surface area (Å²) in [6.45, 7) is 9.44. The first-order valence-electron chi connectivity index (χ1n) is 7.91. The summed E-state index contributed by atoms with van der Waals surface area (Å²) in [4.78, 5) is 14.7. The molecule has 1 saturated heterocycles. The molecule has 4 heteroatoms. The lowest BCUT2D eigenvalue weighted by Gasteiger charge is -2.37. The number of nitrogens with one attached hydrogen (secondary N) is 1. The molecule has 1 heterocycles. The van der Waals surface area contributed by atoms with Crippen LogP contribution < -0.4 is 10.1 Å². The summed E-state index contributed by atoms with van der Waals surface area (Å²) in [5.74, 6) is 1.24. The SMILES string of the molecule is CCNC1CCN(C(=O)c2ccccc2OCC)CC1C. The molecule has 1 amide bonds. The maximum Gasteiger partial charge on any atom is 0.257 e. The van der Waals surface area contributed by atoms with E-state index in [1.807, 2.05) is 36.1 Å². The zero-order chi connectivity index (χ0) is 15.2. The third kappa shape index (κ3) is 3.76. The van der Waals surface area contributed by atoms with Gasteiger partial charge >= 0.3 is 0 Å². The second-order valence-corrected chi connectivity index (χ2v) is 5.61. The van der Waals surface area contributed by atoms with Crippen molar-refractivity contribution >= 4 is 5.91 Å². The van der Waals surface area contributed by atoms with Crippen molar-refractivity contribution in [1.82, 2.24) is 10.2 Å². The Hall–Kier alpha value is -1.55. The van der Waals surface area contributed by atoms with Crippen LogP contribution in [0.5, 0.6) is 5.75 Å². The number of benzene rings is 1. The number of piperidine rings is 1. The number of rotatable bonds is 5. The van der Waals surface area contributed by atoms with Gasteiger partial charge in [-0.25, -0.2) is 0 Å². The van der Waals surface area contributed by atoms with Crippen molar-refractivity contribution < 1.29 is 9.53 Å². The van der Waals surface area contributed by atoms with Crippen LogP contribution in [-0.4, -0.2) is 43.1 Å².